The number of rotatable bonds is 2. The van der Waals surface area contributed by atoms with Crippen molar-refractivity contribution in [2.75, 3.05) is 14.2 Å². The predicted molar refractivity (Wildman–Crippen MR) is 50.9 cm³/mol. The molecule has 1 aliphatic rings. The normalized spacial score (nSPS) is 29.5. The van der Waals surface area contributed by atoms with Gasteiger partial charge < -0.3 is 15.2 Å². The van der Waals surface area contributed by atoms with Crippen molar-refractivity contribution in [1.82, 2.24) is 0 Å². The maximum atomic E-state index is 11.1. The van der Waals surface area contributed by atoms with E-state index in [1.54, 1.807) is 0 Å². The number of carbonyl (C=O) groups is 2. The summed E-state index contributed by atoms with van der Waals surface area (Å²) in [5.74, 6) is -1.04. The molecule has 0 unspecified atom stereocenters. The predicted octanol–water partition coefficient (Wildman–Crippen LogP) is -0.138. The van der Waals surface area contributed by atoms with Gasteiger partial charge >= 0.3 is 11.9 Å². The lowest BCUT2D eigenvalue weighted by atomic mass is 9.69. The number of carbonyl (C=O) groups excluding carboxylic acids is 2. The van der Waals surface area contributed by atoms with Crippen molar-refractivity contribution in [3.05, 3.63) is 0 Å². The van der Waals surface area contributed by atoms with Gasteiger partial charge in [-0.05, 0) is 12.8 Å². The fourth-order valence-electron chi connectivity index (χ4n) is 1.52. The number of hydrogen-bond donors (Lipinski definition) is 1. The van der Waals surface area contributed by atoms with Gasteiger partial charge in [0.1, 0.15) is 5.54 Å². The zero-order valence-electron chi connectivity index (χ0n) is 8.11. The van der Waals surface area contributed by atoms with Gasteiger partial charge in [-0.25, -0.2) is 0 Å². The number of methoxy groups -OCH3 is 2. The number of hydrogen-bond acceptors (Lipinski definition) is 5. The van der Waals surface area contributed by atoms with E-state index in [0.717, 1.165) is 0 Å². The Labute approximate surface area is 88.3 Å². The van der Waals surface area contributed by atoms with Crippen molar-refractivity contribution in [2.24, 2.45) is 11.7 Å². The zero-order chi connectivity index (χ0) is 10.1. The first-order valence-electron chi connectivity index (χ1n) is 3.98. The summed E-state index contributed by atoms with van der Waals surface area (Å²) in [6.07, 6.45) is 0.624. The Kier molecular flexibility index (Phi) is 4.35. The van der Waals surface area contributed by atoms with Gasteiger partial charge in [0.2, 0.25) is 0 Å². The Bertz CT molecular complexity index is 237. The van der Waals surface area contributed by atoms with Gasteiger partial charge in [-0.2, -0.15) is 0 Å². The minimum absolute atomic E-state index is 0. The second kappa shape index (κ2) is 4.61. The van der Waals surface area contributed by atoms with Crippen LogP contribution in [0.2, 0.25) is 0 Å². The van der Waals surface area contributed by atoms with Gasteiger partial charge in [0.05, 0.1) is 20.1 Å². The Hall–Kier alpha value is -0.810. The first-order chi connectivity index (χ1) is 6.03. The molecule has 1 saturated carbocycles. The number of ether oxygens (including phenoxy) is 2. The number of esters is 2. The monoisotopic (exact) mass is 223 g/mol. The van der Waals surface area contributed by atoms with Crippen molar-refractivity contribution in [1.29, 1.82) is 0 Å². The summed E-state index contributed by atoms with van der Waals surface area (Å²) in [6.45, 7) is 0. The van der Waals surface area contributed by atoms with E-state index in [0.29, 0.717) is 12.8 Å². The summed E-state index contributed by atoms with van der Waals surface area (Å²) >= 11 is 0. The highest BCUT2D eigenvalue weighted by Crippen LogP contribution is 2.37. The van der Waals surface area contributed by atoms with Gasteiger partial charge in [-0.15, -0.1) is 12.4 Å². The first-order valence-corrected chi connectivity index (χ1v) is 3.98. The van der Waals surface area contributed by atoms with Crippen molar-refractivity contribution >= 4 is 24.3 Å². The van der Waals surface area contributed by atoms with Crippen molar-refractivity contribution < 1.29 is 19.1 Å². The van der Waals surface area contributed by atoms with Gasteiger partial charge in [-0.3, -0.25) is 9.59 Å². The number of halogens is 1. The summed E-state index contributed by atoms with van der Waals surface area (Å²) < 4.78 is 9.02. The van der Waals surface area contributed by atoms with Crippen LogP contribution in [0.4, 0.5) is 0 Å². The van der Waals surface area contributed by atoms with Crippen LogP contribution in [0, 0.1) is 5.92 Å². The van der Waals surface area contributed by atoms with E-state index >= 15 is 0 Å². The van der Waals surface area contributed by atoms with Crippen LogP contribution in [0.15, 0.2) is 0 Å². The molecule has 1 aliphatic carbocycles. The Morgan fingerprint density at radius 3 is 2.14 bits per heavy atom. The summed E-state index contributed by atoms with van der Waals surface area (Å²) in [4.78, 5) is 22.0. The second-order valence-corrected chi connectivity index (χ2v) is 3.28. The molecule has 0 atom stereocenters. The fourth-order valence-corrected chi connectivity index (χ4v) is 1.52. The van der Waals surface area contributed by atoms with Crippen LogP contribution in [-0.4, -0.2) is 31.7 Å². The quantitative estimate of drug-likeness (QED) is 0.660. The van der Waals surface area contributed by atoms with Crippen molar-refractivity contribution in [3.8, 4) is 0 Å². The highest BCUT2D eigenvalue weighted by atomic mass is 35.5. The molecule has 0 amide bonds. The average molecular weight is 224 g/mol. The second-order valence-electron chi connectivity index (χ2n) is 3.28. The third-order valence-corrected chi connectivity index (χ3v) is 2.35. The molecule has 82 valence electrons. The molecule has 6 heteroatoms. The van der Waals surface area contributed by atoms with Gasteiger partial charge in [0, 0.05) is 0 Å². The van der Waals surface area contributed by atoms with Crippen molar-refractivity contribution in [3.63, 3.8) is 0 Å². The molecule has 0 heterocycles. The molecule has 0 spiro atoms. The lowest BCUT2D eigenvalue weighted by Gasteiger charge is -2.40. The van der Waals surface area contributed by atoms with E-state index in [-0.39, 0.29) is 24.3 Å². The van der Waals surface area contributed by atoms with Gasteiger partial charge in [0.15, 0.2) is 0 Å². The van der Waals surface area contributed by atoms with Gasteiger partial charge in [0.25, 0.3) is 0 Å². The van der Waals surface area contributed by atoms with E-state index in [2.05, 4.69) is 9.47 Å². The Morgan fingerprint density at radius 1 is 1.29 bits per heavy atom. The van der Waals surface area contributed by atoms with Crippen LogP contribution >= 0.6 is 12.4 Å². The Morgan fingerprint density at radius 2 is 1.79 bits per heavy atom. The van der Waals surface area contributed by atoms with Crippen LogP contribution in [0.25, 0.3) is 0 Å². The smallest absolute Gasteiger partial charge is 0.325 e. The summed E-state index contributed by atoms with van der Waals surface area (Å²) in [6, 6.07) is 0. The van der Waals surface area contributed by atoms with Crippen LogP contribution in [-0.2, 0) is 19.1 Å². The summed E-state index contributed by atoms with van der Waals surface area (Å²) in [7, 11) is 2.60. The van der Waals surface area contributed by atoms with Crippen LogP contribution < -0.4 is 5.73 Å². The molecule has 1 rings (SSSR count). The van der Waals surface area contributed by atoms with Gasteiger partial charge in [-0.1, -0.05) is 0 Å². The molecule has 14 heavy (non-hydrogen) atoms. The summed E-state index contributed by atoms with van der Waals surface area (Å²) in [5.41, 5.74) is 4.68. The lowest BCUT2D eigenvalue weighted by Crippen LogP contribution is -2.60. The molecule has 0 aromatic heterocycles. The molecule has 0 radical (unpaired) electrons. The minimum Gasteiger partial charge on any atom is -0.469 e. The zero-order valence-corrected chi connectivity index (χ0v) is 8.93. The standard InChI is InChI=1S/C8H13NO4.ClH/c1-12-6(10)5-3-8(9,4-5)7(11)13-2;/h5H,3-4,9H2,1-2H3;1H. The van der Waals surface area contributed by atoms with Crippen molar-refractivity contribution in [2.45, 2.75) is 18.4 Å². The number of nitrogens with two attached hydrogens (primary N) is 1. The third-order valence-electron chi connectivity index (χ3n) is 2.35. The van der Waals surface area contributed by atoms with E-state index < -0.39 is 11.5 Å². The molecule has 0 aliphatic heterocycles. The molecule has 0 aromatic carbocycles. The van der Waals surface area contributed by atoms with Crippen LogP contribution in [0.5, 0.6) is 0 Å². The SMILES string of the molecule is COC(=O)C1CC(N)(C(=O)OC)C1.Cl. The molecule has 0 bridgehead atoms. The van der Waals surface area contributed by atoms with Crippen LogP contribution in [0.3, 0.4) is 0 Å². The highest BCUT2D eigenvalue weighted by Gasteiger charge is 2.51. The fraction of sp³-hybridized carbons (Fsp3) is 0.750. The molecular formula is C8H14ClNO4. The maximum Gasteiger partial charge on any atom is 0.325 e. The maximum absolute atomic E-state index is 11.1. The van der Waals surface area contributed by atoms with E-state index in [1.165, 1.54) is 14.2 Å². The molecular weight excluding hydrogens is 210 g/mol. The van der Waals surface area contributed by atoms with Crippen LogP contribution in [0.1, 0.15) is 12.8 Å². The minimum atomic E-state index is -0.979. The Balaban J connectivity index is 0.00000169. The average Bonchev–Trinajstić information content (AvgIpc) is 2.10. The molecule has 1 fully saturated rings. The third kappa shape index (κ3) is 2.16. The topological polar surface area (TPSA) is 78.6 Å². The van der Waals surface area contributed by atoms with E-state index in [9.17, 15) is 9.59 Å². The summed E-state index contributed by atoms with van der Waals surface area (Å²) in [5, 5.41) is 0. The largest absolute Gasteiger partial charge is 0.469 e. The highest BCUT2D eigenvalue weighted by molar-refractivity contribution is 5.86. The molecule has 2 N–H and O–H groups in total. The molecule has 0 aromatic rings. The molecule has 0 saturated heterocycles. The first kappa shape index (κ1) is 13.2. The van der Waals surface area contributed by atoms with E-state index in [1.807, 2.05) is 0 Å². The lowest BCUT2D eigenvalue weighted by molar-refractivity contribution is -0.160. The van der Waals surface area contributed by atoms with E-state index in [4.69, 9.17) is 5.73 Å². The molecule has 5 nitrogen and oxygen atoms in total.